The third kappa shape index (κ3) is 4.20. The highest BCUT2D eigenvalue weighted by molar-refractivity contribution is 6.37. The van der Waals surface area contributed by atoms with Crippen molar-refractivity contribution in [3.63, 3.8) is 0 Å². The van der Waals surface area contributed by atoms with Crippen LogP contribution < -0.4 is 5.32 Å². The molecule has 6 heteroatoms. The molecular formula is C13H16Cl2N2O2. The fourth-order valence-corrected chi connectivity index (χ4v) is 2.06. The van der Waals surface area contributed by atoms with E-state index in [1.807, 2.05) is 0 Å². The van der Waals surface area contributed by atoms with Crippen molar-refractivity contribution in [3.8, 4) is 0 Å². The summed E-state index contributed by atoms with van der Waals surface area (Å²) in [5, 5.41) is 3.31. The van der Waals surface area contributed by atoms with Gasteiger partial charge in [0.25, 0.3) is 0 Å². The van der Waals surface area contributed by atoms with E-state index in [4.69, 9.17) is 23.2 Å². The number of likely N-dealkylation sites (N-methyl/N-ethyl adjacent to an activating group) is 2. The van der Waals surface area contributed by atoms with Gasteiger partial charge >= 0.3 is 0 Å². The van der Waals surface area contributed by atoms with E-state index < -0.39 is 6.04 Å². The Kier molecular flexibility index (Phi) is 5.79. The Morgan fingerprint density at radius 3 is 2.53 bits per heavy atom. The van der Waals surface area contributed by atoms with Crippen LogP contribution >= 0.6 is 23.2 Å². The number of nitrogens with zero attached hydrogens (tertiary/aromatic N) is 1. The molecule has 4 nitrogen and oxygen atoms in total. The van der Waals surface area contributed by atoms with E-state index in [9.17, 15) is 9.59 Å². The monoisotopic (exact) mass is 302 g/mol. The topological polar surface area (TPSA) is 49.4 Å². The fraction of sp³-hybridized carbons (Fsp3) is 0.385. The summed E-state index contributed by atoms with van der Waals surface area (Å²) in [5.74, 6) is -0.294. The molecular weight excluding hydrogens is 287 g/mol. The predicted octanol–water partition coefficient (Wildman–Crippen LogP) is 2.24. The number of carbonyl (C=O) groups is 2. The summed E-state index contributed by atoms with van der Waals surface area (Å²) in [4.78, 5) is 25.2. The van der Waals surface area contributed by atoms with Gasteiger partial charge in [-0.3, -0.25) is 14.5 Å². The number of hydrogen-bond acceptors (Lipinski definition) is 3. The van der Waals surface area contributed by atoms with E-state index in [0.29, 0.717) is 15.6 Å². The summed E-state index contributed by atoms with van der Waals surface area (Å²) in [6, 6.07) is 4.29. The molecule has 0 spiro atoms. The Bertz CT molecular complexity index is 492. The Morgan fingerprint density at radius 2 is 2.00 bits per heavy atom. The van der Waals surface area contributed by atoms with E-state index in [1.54, 1.807) is 38.1 Å². The molecule has 1 N–H and O–H groups in total. The average Bonchev–Trinajstić information content (AvgIpc) is 2.36. The van der Waals surface area contributed by atoms with Gasteiger partial charge in [0.1, 0.15) is 0 Å². The maximum Gasteiger partial charge on any atom is 0.233 e. The zero-order valence-electron chi connectivity index (χ0n) is 11.0. The van der Waals surface area contributed by atoms with Crippen LogP contribution in [0.15, 0.2) is 18.2 Å². The third-order valence-corrected chi connectivity index (χ3v) is 3.46. The van der Waals surface area contributed by atoms with Gasteiger partial charge in [-0.2, -0.15) is 0 Å². The minimum atomic E-state index is -0.448. The van der Waals surface area contributed by atoms with Gasteiger partial charge in [0.2, 0.25) is 5.91 Å². The maximum atomic E-state index is 12.3. The van der Waals surface area contributed by atoms with Gasteiger partial charge in [0.15, 0.2) is 5.78 Å². The zero-order valence-corrected chi connectivity index (χ0v) is 12.5. The molecule has 0 aliphatic carbocycles. The van der Waals surface area contributed by atoms with E-state index in [0.717, 1.165) is 0 Å². The molecule has 1 atom stereocenters. The first-order chi connectivity index (χ1) is 8.86. The second-order valence-electron chi connectivity index (χ2n) is 4.25. The van der Waals surface area contributed by atoms with Crippen molar-refractivity contribution in [1.29, 1.82) is 0 Å². The molecule has 0 saturated carbocycles. The highest BCUT2D eigenvalue weighted by Gasteiger charge is 2.22. The molecule has 0 fully saturated rings. The molecule has 0 aliphatic rings. The van der Waals surface area contributed by atoms with Gasteiger partial charge in [0.05, 0.1) is 17.6 Å². The minimum Gasteiger partial charge on any atom is -0.358 e. The molecule has 1 aromatic rings. The molecule has 0 heterocycles. The lowest BCUT2D eigenvalue weighted by Gasteiger charge is -2.23. The van der Waals surface area contributed by atoms with E-state index in [1.165, 1.54) is 6.07 Å². The summed E-state index contributed by atoms with van der Waals surface area (Å²) in [6.45, 7) is 1.88. The van der Waals surface area contributed by atoms with Crippen molar-refractivity contribution in [2.24, 2.45) is 0 Å². The normalized spacial score (nSPS) is 12.3. The molecule has 1 unspecified atom stereocenters. The summed E-state index contributed by atoms with van der Waals surface area (Å²) in [5.41, 5.74) is 0.405. The van der Waals surface area contributed by atoms with Crippen molar-refractivity contribution in [2.75, 3.05) is 20.6 Å². The van der Waals surface area contributed by atoms with Crippen LogP contribution in [0.5, 0.6) is 0 Å². The first-order valence-electron chi connectivity index (χ1n) is 5.77. The fourth-order valence-electron chi connectivity index (χ4n) is 1.56. The smallest absolute Gasteiger partial charge is 0.233 e. The highest BCUT2D eigenvalue weighted by atomic mass is 35.5. The molecule has 1 rings (SSSR count). The molecule has 104 valence electrons. The lowest BCUT2D eigenvalue weighted by molar-refractivity contribution is -0.121. The number of halogens is 2. The van der Waals surface area contributed by atoms with Crippen molar-refractivity contribution in [3.05, 3.63) is 33.8 Å². The molecule has 0 aromatic heterocycles. The van der Waals surface area contributed by atoms with Crippen molar-refractivity contribution in [2.45, 2.75) is 13.0 Å². The van der Waals surface area contributed by atoms with Crippen molar-refractivity contribution >= 4 is 34.9 Å². The first kappa shape index (κ1) is 16.0. The molecule has 1 amide bonds. The van der Waals surface area contributed by atoms with Crippen LogP contribution in [0, 0.1) is 0 Å². The largest absolute Gasteiger partial charge is 0.358 e. The quantitative estimate of drug-likeness (QED) is 0.849. The Balaban J connectivity index is 2.84. The standard InChI is InChI=1S/C13H16Cl2N2O2/c1-8(17(3)7-12(18)16-2)13(19)10-5-4-9(14)6-11(10)15/h4-6,8H,7H2,1-3H3,(H,16,18). The van der Waals surface area contributed by atoms with E-state index in [2.05, 4.69) is 5.32 Å². The van der Waals surface area contributed by atoms with Crippen LogP contribution in [0.4, 0.5) is 0 Å². The molecule has 0 radical (unpaired) electrons. The third-order valence-electron chi connectivity index (χ3n) is 2.91. The molecule has 0 aliphatic heterocycles. The highest BCUT2D eigenvalue weighted by Crippen LogP contribution is 2.22. The van der Waals surface area contributed by atoms with Crippen LogP contribution in [0.1, 0.15) is 17.3 Å². The first-order valence-corrected chi connectivity index (χ1v) is 6.52. The van der Waals surface area contributed by atoms with Gasteiger partial charge in [0, 0.05) is 17.6 Å². The number of benzene rings is 1. The summed E-state index contributed by atoms with van der Waals surface area (Å²) in [7, 11) is 3.26. The zero-order chi connectivity index (χ0) is 14.6. The molecule has 1 aromatic carbocycles. The summed E-state index contributed by atoms with van der Waals surface area (Å²) in [6.07, 6.45) is 0. The number of carbonyl (C=O) groups excluding carboxylic acids is 2. The lowest BCUT2D eigenvalue weighted by atomic mass is 10.0. The number of rotatable bonds is 5. The number of amides is 1. The summed E-state index contributed by atoms with van der Waals surface area (Å²) >= 11 is 11.8. The van der Waals surface area contributed by atoms with Crippen LogP contribution in [0.25, 0.3) is 0 Å². The number of hydrogen-bond donors (Lipinski definition) is 1. The number of Topliss-reactive ketones (excluding diaryl/α,β-unsaturated/α-hetero) is 1. The molecule has 0 bridgehead atoms. The maximum absolute atomic E-state index is 12.3. The number of nitrogens with one attached hydrogen (secondary N) is 1. The lowest BCUT2D eigenvalue weighted by Crippen LogP contribution is -2.42. The second-order valence-corrected chi connectivity index (χ2v) is 5.10. The second kappa shape index (κ2) is 6.89. The van der Waals surface area contributed by atoms with Gasteiger partial charge in [-0.25, -0.2) is 0 Å². The van der Waals surface area contributed by atoms with Gasteiger partial charge < -0.3 is 5.32 Å². The van der Waals surface area contributed by atoms with Crippen LogP contribution in [-0.2, 0) is 4.79 Å². The van der Waals surface area contributed by atoms with E-state index >= 15 is 0 Å². The van der Waals surface area contributed by atoms with Crippen molar-refractivity contribution < 1.29 is 9.59 Å². The van der Waals surface area contributed by atoms with Gasteiger partial charge in [-0.05, 0) is 32.2 Å². The molecule has 19 heavy (non-hydrogen) atoms. The number of ketones is 1. The van der Waals surface area contributed by atoms with Crippen LogP contribution in [0.3, 0.4) is 0 Å². The Labute approximate surface area is 122 Å². The summed E-state index contributed by atoms with van der Waals surface area (Å²) < 4.78 is 0. The van der Waals surface area contributed by atoms with Crippen molar-refractivity contribution in [1.82, 2.24) is 10.2 Å². The SMILES string of the molecule is CNC(=O)CN(C)C(C)C(=O)c1ccc(Cl)cc1Cl. The molecule has 0 saturated heterocycles. The van der Waals surface area contributed by atoms with Crippen LogP contribution in [-0.4, -0.2) is 43.3 Å². The Hall–Kier alpha value is -1.10. The van der Waals surface area contributed by atoms with Crippen LogP contribution in [0.2, 0.25) is 10.0 Å². The Morgan fingerprint density at radius 1 is 1.37 bits per heavy atom. The average molecular weight is 303 g/mol. The van der Waals surface area contributed by atoms with Gasteiger partial charge in [-0.15, -0.1) is 0 Å². The minimum absolute atomic E-state index is 0.145. The predicted molar refractivity (Wildman–Crippen MR) is 77.0 cm³/mol. The van der Waals surface area contributed by atoms with Gasteiger partial charge in [-0.1, -0.05) is 23.2 Å². The van der Waals surface area contributed by atoms with E-state index in [-0.39, 0.29) is 18.2 Å².